The van der Waals surface area contributed by atoms with Crippen molar-refractivity contribution in [1.82, 2.24) is 9.80 Å². The van der Waals surface area contributed by atoms with E-state index in [9.17, 15) is 4.79 Å². The highest BCUT2D eigenvalue weighted by Gasteiger charge is 2.56. The summed E-state index contributed by atoms with van der Waals surface area (Å²) in [7, 11) is 0. The standard InChI is InChI=1S/C23H30N2O/c26-22(23-10-16-7-17(11-23)9-18(8-16)12-23)25-14-21(15-25)24-6-5-19-3-1-2-4-20(19)13-24/h1-4,16-18,21H,5-15H2. The Bertz CT molecular complexity index is 700. The van der Waals surface area contributed by atoms with E-state index in [2.05, 4.69) is 34.1 Å². The van der Waals surface area contributed by atoms with Gasteiger partial charge in [-0.2, -0.15) is 0 Å². The molecule has 2 aliphatic heterocycles. The highest BCUT2D eigenvalue weighted by Crippen LogP contribution is 2.60. The van der Waals surface area contributed by atoms with Crippen LogP contribution in [0.3, 0.4) is 0 Å². The molecule has 0 aromatic heterocycles. The second-order valence-electron chi connectivity index (χ2n) is 10.1. The molecule has 0 spiro atoms. The van der Waals surface area contributed by atoms with Crippen molar-refractivity contribution in [3.05, 3.63) is 35.4 Å². The van der Waals surface area contributed by atoms with Crippen LogP contribution in [-0.2, 0) is 17.8 Å². The van der Waals surface area contributed by atoms with Gasteiger partial charge in [-0.3, -0.25) is 9.69 Å². The molecule has 3 heteroatoms. The summed E-state index contributed by atoms with van der Waals surface area (Å²) >= 11 is 0. The molecule has 138 valence electrons. The van der Waals surface area contributed by atoms with E-state index in [-0.39, 0.29) is 5.41 Å². The number of hydrogen-bond donors (Lipinski definition) is 0. The quantitative estimate of drug-likeness (QED) is 0.815. The van der Waals surface area contributed by atoms with Crippen LogP contribution >= 0.6 is 0 Å². The van der Waals surface area contributed by atoms with Crippen LogP contribution in [0.25, 0.3) is 0 Å². The van der Waals surface area contributed by atoms with E-state index in [1.807, 2.05) is 0 Å². The average molecular weight is 351 g/mol. The van der Waals surface area contributed by atoms with Gasteiger partial charge in [0.15, 0.2) is 0 Å². The fraction of sp³-hybridized carbons (Fsp3) is 0.696. The van der Waals surface area contributed by atoms with Crippen LogP contribution in [0.5, 0.6) is 0 Å². The smallest absolute Gasteiger partial charge is 0.228 e. The zero-order valence-electron chi connectivity index (χ0n) is 15.7. The minimum absolute atomic E-state index is 0.0498. The van der Waals surface area contributed by atoms with Crippen LogP contribution in [0.15, 0.2) is 24.3 Å². The maximum atomic E-state index is 13.4. The number of rotatable bonds is 2. The first-order valence-corrected chi connectivity index (χ1v) is 10.8. The molecule has 1 saturated heterocycles. The molecule has 1 aromatic rings. The van der Waals surface area contributed by atoms with E-state index >= 15 is 0 Å². The Hall–Kier alpha value is -1.35. The molecule has 3 nitrogen and oxygen atoms in total. The van der Waals surface area contributed by atoms with Crippen LogP contribution in [-0.4, -0.2) is 41.4 Å². The molecular weight excluding hydrogens is 320 g/mol. The van der Waals surface area contributed by atoms with Gasteiger partial charge in [0.2, 0.25) is 5.91 Å². The van der Waals surface area contributed by atoms with E-state index in [1.165, 1.54) is 49.7 Å². The summed E-state index contributed by atoms with van der Waals surface area (Å²) in [5.41, 5.74) is 3.06. The fourth-order valence-corrected chi connectivity index (χ4v) is 7.39. The highest BCUT2D eigenvalue weighted by atomic mass is 16.2. The molecule has 0 unspecified atom stereocenters. The third kappa shape index (κ3) is 2.32. The molecule has 0 radical (unpaired) electrons. The third-order valence-electron chi connectivity index (χ3n) is 8.32. The lowest BCUT2D eigenvalue weighted by molar-refractivity contribution is -0.165. The molecule has 0 atom stereocenters. The molecular formula is C23H30N2O. The third-order valence-corrected chi connectivity index (χ3v) is 8.32. The van der Waals surface area contributed by atoms with Crippen LogP contribution in [0.4, 0.5) is 0 Å². The summed E-state index contributed by atoms with van der Waals surface area (Å²) in [6, 6.07) is 9.45. The van der Waals surface area contributed by atoms with Crippen molar-refractivity contribution in [2.75, 3.05) is 19.6 Å². The Morgan fingerprint density at radius 1 is 0.923 bits per heavy atom. The second-order valence-corrected chi connectivity index (χ2v) is 10.1. The zero-order valence-corrected chi connectivity index (χ0v) is 15.7. The molecule has 1 amide bonds. The first kappa shape index (κ1) is 15.7. The minimum Gasteiger partial charge on any atom is -0.339 e. The molecule has 7 rings (SSSR count). The Kier molecular flexibility index (Phi) is 3.36. The average Bonchev–Trinajstić information content (AvgIpc) is 2.59. The lowest BCUT2D eigenvalue weighted by Crippen LogP contribution is -2.65. The van der Waals surface area contributed by atoms with Gasteiger partial charge in [0.25, 0.3) is 0 Å². The van der Waals surface area contributed by atoms with Crippen LogP contribution in [0.2, 0.25) is 0 Å². The molecule has 5 fully saturated rings. The number of fused-ring (bicyclic) bond motifs is 1. The number of carbonyl (C=O) groups is 1. The van der Waals surface area contributed by atoms with E-state index in [0.29, 0.717) is 11.9 Å². The number of benzene rings is 1. The Balaban J connectivity index is 1.12. The Morgan fingerprint density at radius 2 is 1.54 bits per heavy atom. The lowest BCUT2D eigenvalue weighted by atomic mass is 9.49. The lowest BCUT2D eigenvalue weighted by Gasteiger charge is -2.58. The van der Waals surface area contributed by atoms with Crippen LogP contribution < -0.4 is 0 Å². The molecule has 4 aliphatic carbocycles. The van der Waals surface area contributed by atoms with Crippen molar-refractivity contribution in [3.8, 4) is 0 Å². The van der Waals surface area contributed by atoms with E-state index in [0.717, 1.165) is 50.4 Å². The maximum absolute atomic E-state index is 13.4. The van der Waals surface area contributed by atoms with Gasteiger partial charge in [0, 0.05) is 32.2 Å². The van der Waals surface area contributed by atoms with E-state index in [4.69, 9.17) is 0 Å². The summed E-state index contributed by atoms with van der Waals surface area (Å²) in [4.78, 5) is 18.3. The predicted octanol–water partition coefficient (Wildman–Crippen LogP) is 3.47. The van der Waals surface area contributed by atoms with Gasteiger partial charge in [-0.25, -0.2) is 0 Å². The Labute approximate surface area is 156 Å². The first-order chi connectivity index (χ1) is 12.7. The topological polar surface area (TPSA) is 23.6 Å². The maximum Gasteiger partial charge on any atom is 0.228 e. The first-order valence-electron chi connectivity index (χ1n) is 10.8. The molecule has 1 aromatic carbocycles. The highest BCUT2D eigenvalue weighted by molar-refractivity contribution is 5.84. The monoisotopic (exact) mass is 350 g/mol. The normalized spacial score (nSPS) is 38.9. The van der Waals surface area contributed by atoms with E-state index < -0.39 is 0 Å². The van der Waals surface area contributed by atoms with Gasteiger partial charge < -0.3 is 4.90 Å². The number of amides is 1. The van der Waals surface area contributed by atoms with Crippen molar-refractivity contribution >= 4 is 5.91 Å². The molecule has 0 N–H and O–H groups in total. The van der Waals surface area contributed by atoms with Gasteiger partial charge >= 0.3 is 0 Å². The van der Waals surface area contributed by atoms with Gasteiger partial charge in [0.1, 0.15) is 0 Å². The molecule has 2 heterocycles. The SMILES string of the molecule is O=C(N1CC(N2CCc3ccccc3C2)C1)C12CC3CC(CC(C3)C1)C2. The second kappa shape index (κ2) is 5.58. The van der Waals surface area contributed by atoms with Crippen molar-refractivity contribution in [3.63, 3.8) is 0 Å². The minimum atomic E-state index is 0.0498. The van der Waals surface area contributed by atoms with Crippen molar-refractivity contribution in [2.45, 2.75) is 57.5 Å². The number of carbonyl (C=O) groups excluding carboxylic acids is 1. The fourth-order valence-electron chi connectivity index (χ4n) is 7.39. The van der Waals surface area contributed by atoms with Gasteiger partial charge in [-0.05, 0) is 73.8 Å². The van der Waals surface area contributed by atoms with Crippen molar-refractivity contribution in [1.29, 1.82) is 0 Å². The van der Waals surface area contributed by atoms with Crippen LogP contribution in [0, 0.1) is 23.2 Å². The summed E-state index contributed by atoms with van der Waals surface area (Å²) < 4.78 is 0. The molecule has 4 saturated carbocycles. The number of likely N-dealkylation sites (tertiary alicyclic amines) is 1. The molecule has 6 aliphatic rings. The van der Waals surface area contributed by atoms with Gasteiger partial charge in [-0.15, -0.1) is 0 Å². The van der Waals surface area contributed by atoms with Crippen molar-refractivity contribution in [2.24, 2.45) is 23.2 Å². The molecule has 4 bridgehead atoms. The zero-order chi connectivity index (χ0) is 17.3. The molecule has 26 heavy (non-hydrogen) atoms. The summed E-state index contributed by atoms with van der Waals surface area (Å²) in [5, 5.41) is 0. The van der Waals surface area contributed by atoms with Crippen LogP contribution in [0.1, 0.15) is 49.7 Å². The Morgan fingerprint density at radius 3 is 2.19 bits per heavy atom. The summed E-state index contributed by atoms with van der Waals surface area (Å²) in [6.45, 7) is 4.17. The number of nitrogens with zero attached hydrogens (tertiary/aromatic N) is 2. The number of hydrogen-bond acceptors (Lipinski definition) is 2. The summed E-state index contributed by atoms with van der Waals surface area (Å²) in [5.74, 6) is 3.12. The predicted molar refractivity (Wildman–Crippen MR) is 102 cm³/mol. The van der Waals surface area contributed by atoms with E-state index in [1.54, 1.807) is 0 Å². The largest absolute Gasteiger partial charge is 0.339 e. The summed E-state index contributed by atoms with van der Waals surface area (Å²) in [6.07, 6.45) is 9.03. The van der Waals surface area contributed by atoms with Gasteiger partial charge in [-0.1, -0.05) is 24.3 Å². The van der Waals surface area contributed by atoms with Crippen molar-refractivity contribution < 1.29 is 4.79 Å². The van der Waals surface area contributed by atoms with Gasteiger partial charge in [0.05, 0.1) is 5.41 Å².